The molecule has 2 heterocycles. The number of rotatable bonds is 6. The lowest BCUT2D eigenvalue weighted by atomic mass is 10.0. The first kappa shape index (κ1) is 28.2. The minimum atomic E-state index is -0.440. The van der Waals surface area contributed by atoms with Crippen molar-refractivity contribution in [3.05, 3.63) is 69.3 Å². The molecule has 0 unspecified atom stereocenters. The van der Waals surface area contributed by atoms with Gasteiger partial charge >= 0.3 is 0 Å². The minimum absolute atomic E-state index is 0.188. The second-order valence-corrected chi connectivity index (χ2v) is 10.9. The van der Waals surface area contributed by atoms with Gasteiger partial charge in [-0.05, 0) is 51.1 Å². The quantitative estimate of drug-likeness (QED) is 0.424. The van der Waals surface area contributed by atoms with Gasteiger partial charge in [-0.25, -0.2) is 4.68 Å². The highest BCUT2D eigenvalue weighted by molar-refractivity contribution is 6.32. The number of ether oxygens (including phenoxy) is 2. The lowest BCUT2D eigenvalue weighted by molar-refractivity contribution is 0.0443. The Hall–Kier alpha value is -2.86. The first-order valence-electron chi connectivity index (χ1n) is 12.4. The molecule has 200 valence electrons. The van der Waals surface area contributed by atoms with E-state index in [2.05, 4.69) is 22.1 Å². The van der Waals surface area contributed by atoms with Gasteiger partial charge in [-0.1, -0.05) is 47.2 Å². The van der Waals surface area contributed by atoms with Gasteiger partial charge in [0.25, 0.3) is 5.91 Å². The largest absolute Gasteiger partial charge is 0.380 e. The molecule has 4 rings (SSSR count). The highest BCUT2D eigenvalue weighted by Crippen LogP contribution is 2.33. The average Bonchev–Trinajstić information content (AvgIpc) is 3.23. The van der Waals surface area contributed by atoms with Crippen LogP contribution in [0.25, 0.3) is 16.9 Å². The molecule has 1 aliphatic heterocycles. The number of halogens is 2. The Morgan fingerprint density at radius 3 is 2.47 bits per heavy atom. The molecule has 9 heteroatoms. The third-order valence-electron chi connectivity index (χ3n) is 5.91. The number of benzene rings is 2. The zero-order chi connectivity index (χ0) is 27.3. The summed E-state index contributed by atoms with van der Waals surface area (Å²) in [5.41, 5.74) is 3.45. The number of nitrogens with zero attached hydrogens (tertiary/aromatic N) is 3. The summed E-state index contributed by atoms with van der Waals surface area (Å²) >= 11 is 13.0. The van der Waals surface area contributed by atoms with Crippen molar-refractivity contribution >= 4 is 29.1 Å². The van der Waals surface area contributed by atoms with Gasteiger partial charge in [-0.3, -0.25) is 9.69 Å². The normalized spacial score (nSPS) is 14.2. The predicted molar refractivity (Wildman–Crippen MR) is 151 cm³/mol. The summed E-state index contributed by atoms with van der Waals surface area (Å²) in [7, 11) is 1.59. The fourth-order valence-corrected chi connectivity index (χ4v) is 4.55. The number of amides is 1. The number of hydrogen-bond acceptors (Lipinski definition) is 5. The number of carbonyl (C=O) groups excluding carboxylic acids is 1. The van der Waals surface area contributed by atoms with E-state index in [0.29, 0.717) is 33.5 Å². The van der Waals surface area contributed by atoms with E-state index in [1.165, 1.54) is 0 Å². The summed E-state index contributed by atoms with van der Waals surface area (Å²) in [6, 6.07) is 13.0. The van der Waals surface area contributed by atoms with E-state index in [4.69, 9.17) is 37.8 Å². The van der Waals surface area contributed by atoms with Crippen molar-refractivity contribution in [3.63, 3.8) is 0 Å². The smallest absolute Gasteiger partial charge is 0.272 e. The van der Waals surface area contributed by atoms with Gasteiger partial charge in [0.05, 0.1) is 42.8 Å². The van der Waals surface area contributed by atoms with Crippen LogP contribution in [0.4, 0.5) is 0 Å². The zero-order valence-electron chi connectivity index (χ0n) is 22.1. The van der Waals surface area contributed by atoms with E-state index >= 15 is 0 Å². The number of hydrogen-bond donors (Lipinski definition) is 1. The Morgan fingerprint density at radius 1 is 1.13 bits per heavy atom. The fraction of sp³-hybridized carbons (Fsp3) is 0.379. The SMILES string of the molecule is COCc1c(C(=O)NC(C)(C)C)nn(-c2ccc(C#CCN3CCOCC3)cc2Cl)c1-c1ccc(Cl)cc1. The molecule has 38 heavy (non-hydrogen) atoms. The Bertz CT molecular complexity index is 1350. The van der Waals surface area contributed by atoms with Crippen LogP contribution in [0, 0.1) is 11.8 Å². The van der Waals surface area contributed by atoms with Gasteiger partial charge < -0.3 is 14.8 Å². The monoisotopic (exact) mass is 554 g/mol. The van der Waals surface area contributed by atoms with Crippen molar-refractivity contribution < 1.29 is 14.3 Å². The van der Waals surface area contributed by atoms with E-state index in [0.717, 1.165) is 37.4 Å². The Kier molecular flexibility index (Phi) is 9.14. The van der Waals surface area contributed by atoms with Crippen LogP contribution in [0.15, 0.2) is 42.5 Å². The van der Waals surface area contributed by atoms with Crippen LogP contribution in [0.5, 0.6) is 0 Å². The summed E-state index contributed by atoms with van der Waals surface area (Å²) in [4.78, 5) is 15.6. The molecular weight excluding hydrogens is 523 g/mol. The molecule has 1 saturated heterocycles. The second-order valence-electron chi connectivity index (χ2n) is 10.1. The molecule has 0 bridgehead atoms. The van der Waals surface area contributed by atoms with Crippen molar-refractivity contribution in [2.75, 3.05) is 40.0 Å². The van der Waals surface area contributed by atoms with Crippen molar-refractivity contribution in [1.82, 2.24) is 20.0 Å². The molecule has 0 spiro atoms. The Balaban J connectivity index is 1.76. The van der Waals surface area contributed by atoms with Gasteiger partial charge in [-0.15, -0.1) is 0 Å². The molecule has 2 aromatic carbocycles. The number of aromatic nitrogens is 2. The molecule has 1 aliphatic rings. The molecule has 1 N–H and O–H groups in total. The number of morpholine rings is 1. The van der Waals surface area contributed by atoms with Gasteiger partial charge in [0.1, 0.15) is 0 Å². The summed E-state index contributed by atoms with van der Waals surface area (Å²) in [6.45, 7) is 9.88. The van der Waals surface area contributed by atoms with Crippen LogP contribution >= 0.6 is 23.2 Å². The van der Waals surface area contributed by atoms with Crippen LogP contribution < -0.4 is 5.32 Å². The third kappa shape index (κ3) is 6.96. The maximum Gasteiger partial charge on any atom is 0.272 e. The highest BCUT2D eigenvalue weighted by atomic mass is 35.5. The fourth-order valence-electron chi connectivity index (χ4n) is 4.16. The second kappa shape index (κ2) is 12.3. The highest BCUT2D eigenvalue weighted by Gasteiger charge is 2.27. The van der Waals surface area contributed by atoms with Crippen LogP contribution in [-0.4, -0.2) is 66.1 Å². The van der Waals surface area contributed by atoms with Crippen molar-refractivity contribution in [1.29, 1.82) is 0 Å². The van der Waals surface area contributed by atoms with Crippen LogP contribution in [0.1, 0.15) is 42.4 Å². The van der Waals surface area contributed by atoms with Crippen LogP contribution in [-0.2, 0) is 16.1 Å². The molecule has 0 aliphatic carbocycles. The summed E-state index contributed by atoms with van der Waals surface area (Å²) < 4.78 is 12.6. The van der Waals surface area contributed by atoms with E-state index in [1.807, 2.05) is 51.1 Å². The topological polar surface area (TPSA) is 68.6 Å². The van der Waals surface area contributed by atoms with Crippen LogP contribution in [0.2, 0.25) is 10.0 Å². The van der Waals surface area contributed by atoms with Crippen molar-refractivity contribution in [2.24, 2.45) is 0 Å². The standard InChI is InChI=1S/C29H32Cl2N4O3/c1-29(2,3)32-28(36)26-23(19-37-4)27(21-8-10-22(30)11-9-21)35(33-26)25-12-7-20(18-24(25)31)6-5-13-34-14-16-38-17-15-34/h7-12,18H,13-17,19H2,1-4H3,(H,32,36). The molecule has 0 saturated carbocycles. The molecule has 1 aromatic heterocycles. The third-order valence-corrected chi connectivity index (χ3v) is 6.46. The Morgan fingerprint density at radius 2 is 1.84 bits per heavy atom. The molecule has 0 atom stereocenters. The lowest BCUT2D eigenvalue weighted by Gasteiger charge is -2.24. The van der Waals surface area contributed by atoms with Crippen LogP contribution in [0.3, 0.4) is 0 Å². The van der Waals surface area contributed by atoms with Gasteiger partial charge in [0.2, 0.25) is 0 Å². The predicted octanol–water partition coefficient (Wildman–Crippen LogP) is 5.20. The summed E-state index contributed by atoms with van der Waals surface area (Å²) in [5, 5.41) is 8.83. The van der Waals surface area contributed by atoms with E-state index < -0.39 is 5.54 Å². The molecule has 1 fully saturated rings. The summed E-state index contributed by atoms with van der Waals surface area (Å²) in [6.07, 6.45) is 0. The zero-order valence-corrected chi connectivity index (χ0v) is 23.6. The average molecular weight is 556 g/mol. The van der Waals surface area contributed by atoms with E-state index in [9.17, 15) is 4.79 Å². The molecular formula is C29H32Cl2N4O3. The molecule has 7 nitrogen and oxygen atoms in total. The van der Waals surface area contributed by atoms with Gasteiger partial charge in [-0.2, -0.15) is 5.10 Å². The number of carbonyl (C=O) groups is 1. The van der Waals surface area contributed by atoms with Crippen molar-refractivity contribution in [2.45, 2.75) is 32.9 Å². The molecule has 3 aromatic rings. The first-order chi connectivity index (χ1) is 18.2. The molecule has 0 radical (unpaired) electrons. The van der Waals surface area contributed by atoms with E-state index in [-0.39, 0.29) is 18.2 Å². The minimum Gasteiger partial charge on any atom is -0.380 e. The maximum atomic E-state index is 13.3. The Labute approximate surface area is 234 Å². The molecule has 1 amide bonds. The first-order valence-corrected chi connectivity index (χ1v) is 13.2. The van der Waals surface area contributed by atoms with E-state index in [1.54, 1.807) is 23.9 Å². The van der Waals surface area contributed by atoms with Gasteiger partial charge in [0.15, 0.2) is 5.69 Å². The lowest BCUT2D eigenvalue weighted by Crippen LogP contribution is -2.41. The number of nitrogens with one attached hydrogen (secondary N) is 1. The summed E-state index contributed by atoms with van der Waals surface area (Å²) in [5.74, 6) is 6.13. The van der Waals surface area contributed by atoms with Crippen molar-refractivity contribution in [3.8, 4) is 28.8 Å². The number of methoxy groups -OCH3 is 1. The van der Waals surface area contributed by atoms with Gasteiger partial charge in [0, 0.05) is 47.5 Å². The maximum absolute atomic E-state index is 13.3.